The van der Waals surface area contributed by atoms with Gasteiger partial charge in [-0.15, -0.1) is 0 Å². The van der Waals surface area contributed by atoms with Gasteiger partial charge in [0, 0.05) is 6.21 Å². The minimum absolute atomic E-state index is 0.204. The number of nitrogens with zero attached hydrogens (tertiary/aromatic N) is 1. The molecule has 2 nitrogen and oxygen atoms in total. The Morgan fingerprint density at radius 1 is 0.885 bits per heavy atom. The molecule has 0 aliphatic rings. The predicted octanol–water partition coefficient (Wildman–Crippen LogP) is 6.23. The van der Waals surface area contributed by atoms with E-state index in [0.717, 1.165) is 24.2 Å². The van der Waals surface area contributed by atoms with E-state index >= 15 is 0 Å². The number of aliphatic imine (C=N–C) groups is 1. The maximum atomic E-state index is 5.91. The lowest BCUT2D eigenvalue weighted by Crippen LogP contribution is -1.97. The van der Waals surface area contributed by atoms with E-state index in [1.54, 1.807) is 0 Å². The summed E-state index contributed by atoms with van der Waals surface area (Å²) in [5, 5.41) is 0. The molecule has 1 atom stereocenters. The third-order valence-electron chi connectivity index (χ3n) is 4.26. The monoisotopic (exact) mass is 343 g/mol. The molecule has 0 fully saturated rings. The van der Waals surface area contributed by atoms with E-state index in [9.17, 15) is 0 Å². The summed E-state index contributed by atoms with van der Waals surface area (Å²) in [4.78, 5) is 4.83. The van der Waals surface area contributed by atoms with Gasteiger partial charge in [-0.2, -0.15) is 0 Å². The zero-order valence-electron chi connectivity index (χ0n) is 15.2. The highest BCUT2D eigenvalue weighted by molar-refractivity contribution is 5.80. The third-order valence-corrected chi connectivity index (χ3v) is 4.26. The van der Waals surface area contributed by atoms with Crippen LogP contribution in [0.15, 0.2) is 89.9 Å². The lowest BCUT2D eigenvalue weighted by Gasteiger charge is -2.12. The van der Waals surface area contributed by atoms with Gasteiger partial charge in [0.15, 0.2) is 0 Å². The molecule has 1 unspecified atom stereocenters. The van der Waals surface area contributed by atoms with Crippen molar-refractivity contribution in [2.24, 2.45) is 4.99 Å². The largest absolute Gasteiger partial charge is 0.489 e. The summed E-state index contributed by atoms with van der Waals surface area (Å²) in [5.74, 6) is 0.865. The van der Waals surface area contributed by atoms with E-state index in [1.807, 2.05) is 48.7 Å². The first kappa shape index (κ1) is 17.9. The average Bonchev–Trinajstić information content (AvgIpc) is 2.71. The number of rotatable bonds is 8. The summed E-state index contributed by atoms with van der Waals surface area (Å²) in [6, 6.07) is 29.0. The van der Waals surface area contributed by atoms with Gasteiger partial charge in [0.1, 0.15) is 12.4 Å². The molecule has 3 aromatic rings. The highest BCUT2D eigenvalue weighted by atomic mass is 16.5. The number of ether oxygens (including phenoxy) is 1. The van der Waals surface area contributed by atoms with Crippen molar-refractivity contribution in [1.29, 1.82) is 0 Å². The van der Waals surface area contributed by atoms with Crippen LogP contribution in [-0.2, 0) is 6.61 Å². The molecule has 26 heavy (non-hydrogen) atoms. The number of hydrogen-bond donors (Lipinski definition) is 0. The first-order valence-corrected chi connectivity index (χ1v) is 9.20. The molecule has 0 saturated carbocycles. The van der Waals surface area contributed by atoms with Gasteiger partial charge in [-0.1, -0.05) is 86.1 Å². The second-order valence-electron chi connectivity index (χ2n) is 6.34. The maximum Gasteiger partial charge on any atom is 0.120 e. The van der Waals surface area contributed by atoms with E-state index in [2.05, 4.69) is 49.4 Å². The average molecular weight is 343 g/mol. The van der Waals surface area contributed by atoms with E-state index in [0.29, 0.717) is 6.61 Å². The second kappa shape index (κ2) is 9.57. The molecule has 0 aromatic heterocycles. The summed E-state index contributed by atoms with van der Waals surface area (Å²) in [6.45, 7) is 2.77. The Morgan fingerprint density at radius 3 is 2.35 bits per heavy atom. The van der Waals surface area contributed by atoms with E-state index in [1.165, 1.54) is 11.1 Å². The van der Waals surface area contributed by atoms with Gasteiger partial charge in [0.05, 0.1) is 6.04 Å². The van der Waals surface area contributed by atoms with Crippen molar-refractivity contribution >= 4 is 6.21 Å². The number of hydrogen-bond acceptors (Lipinski definition) is 2. The van der Waals surface area contributed by atoms with Gasteiger partial charge >= 0.3 is 0 Å². The molecule has 0 saturated heterocycles. The van der Waals surface area contributed by atoms with Gasteiger partial charge in [-0.3, -0.25) is 4.99 Å². The van der Waals surface area contributed by atoms with Crippen LogP contribution in [-0.4, -0.2) is 6.21 Å². The maximum absolute atomic E-state index is 5.91. The zero-order valence-corrected chi connectivity index (χ0v) is 15.2. The Hall–Kier alpha value is -2.87. The predicted molar refractivity (Wildman–Crippen MR) is 109 cm³/mol. The SMILES string of the molecule is CCCC(/N=C/c1cccc(OCc2ccccc2)c1)c1ccccc1. The molecule has 0 radical (unpaired) electrons. The summed E-state index contributed by atoms with van der Waals surface area (Å²) in [6.07, 6.45) is 4.12. The van der Waals surface area contributed by atoms with Crippen LogP contribution in [0.2, 0.25) is 0 Å². The Balaban J connectivity index is 1.67. The van der Waals surface area contributed by atoms with Crippen LogP contribution in [0.4, 0.5) is 0 Å². The third kappa shape index (κ3) is 5.32. The Morgan fingerprint density at radius 2 is 1.62 bits per heavy atom. The molecule has 0 spiro atoms. The lowest BCUT2D eigenvalue weighted by molar-refractivity contribution is 0.306. The summed E-state index contributed by atoms with van der Waals surface area (Å²) in [7, 11) is 0. The molecular formula is C24H25NO. The van der Waals surface area contributed by atoms with E-state index in [-0.39, 0.29) is 6.04 Å². The number of benzene rings is 3. The van der Waals surface area contributed by atoms with Gasteiger partial charge in [0.2, 0.25) is 0 Å². The van der Waals surface area contributed by atoms with Crippen LogP contribution in [0.3, 0.4) is 0 Å². The van der Waals surface area contributed by atoms with Crippen molar-refractivity contribution in [3.63, 3.8) is 0 Å². The molecule has 2 heteroatoms. The van der Waals surface area contributed by atoms with Crippen molar-refractivity contribution in [3.05, 3.63) is 102 Å². The molecule has 0 N–H and O–H groups in total. The lowest BCUT2D eigenvalue weighted by atomic mass is 10.0. The molecule has 132 valence electrons. The van der Waals surface area contributed by atoms with Crippen LogP contribution in [0, 0.1) is 0 Å². The van der Waals surface area contributed by atoms with Crippen LogP contribution < -0.4 is 4.74 Å². The molecule has 0 aliphatic carbocycles. The fourth-order valence-electron chi connectivity index (χ4n) is 2.88. The fraction of sp³-hybridized carbons (Fsp3) is 0.208. The van der Waals surface area contributed by atoms with Crippen LogP contribution in [0.5, 0.6) is 5.75 Å². The molecule has 3 rings (SSSR count). The van der Waals surface area contributed by atoms with Gasteiger partial charge in [0.25, 0.3) is 0 Å². The first-order chi connectivity index (χ1) is 12.8. The minimum atomic E-state index is 0.204. The smallest absolute Gasteiger partial charge is 0.120 e. The normalized spacial score (nSPS) is 12.2. The molecule has 0 amide bonds. The van der Waals surface area contributed by atoms with Crippen LogP contribution >= 0.6 is 0 Å². The highest BCUT2D eigenvalue weighted by Crippen LogP contribution is 2.23. The second-order valence-corrected chi connectivity index (χ2v) is 6.34. The quantitative estimate of drug-likeness (QED) is 0.445. The van der Waals surface area contributed by atoms with Gasteiger partial charge in [-0.05, 0) is 35.2 Å². The summed E-state index contributed by atoms with van der Waals surface area (Å²) < 4.78 is 5.91. The van der Waals surface area contributed by atoms with Crippen molar-refractivity contribution in [2.45, 2.75) is 32.4 Å². The molecular weight excluding hydrogens is 318 g/mol. The molecule has 0 heterocycles. The highest BCUT2D eigenvalue weighted by Gasteiger charge is 2.07. The van der Waals surface area contributed by atoms with Crippen LogP contribution in [0.25, 0.3) is 0 Å². The van der Waals surface area contributed by atoms with Gasteiger partial charge < -0.3 is 4.74 Å². The molecule has 3 aromatic carbocycles. The van der Waals surface area contributed by atoms with E-state index in [4.69, 9.17) is 9.73 Å². The Kier molecular flexibility index (Phi) is 6.60. The van der Waals surface area contributed by atoms with E-state index < -0.39 is 0 Å². The molecule has 0 bridgehead atoms. The van der Waals surface area contributed by atoms with Crippen molar-refractivity contribution in [2.75, 3.05) is 0 Å². The summed E-state index contributed by atoms with van der Waals surface area (Å²) >= 11 is 0. The van der Waals surface area contributed by atoms with Crippen molar-refractivity contribution in [1.82, 2.24) is 0 Å². The topological polar surface area (TPSA) is 21.6 Å². The zero-order chi connectivity index (χ0) is 18.0. The Labute approximate surface area is 156 Å². The van der Waals surface area contributed by atoms with Crippen molar-refractivity contribution < 1.29 is 4.74 Å². The first-order valence-electron chi connectivity index (χ1n) is 9.20. The van der Waals surface area contributed by atoms with Crippen LogP contribution in [0.1, 0.15) is 42.5 Å². The Bertz CT molecular complexity index is 812. The minimum Gasteiger partial charge on any atom is -0.489 e. The molecule has 0 aliphatic heterocycles. The fourth-order valence-corrected chi connectivity index (χ4v) is 2.88. The standard InChI is InChI=1S/C24H25NO/c1-2-10-24(22-14-7-4-8-15-22)25-18-21-13-9-16-23(17-21)26-19-20-11-5-3-6-12-20/h3-9,11-18,24H,2,10,19H2,1H3/b25-18+. The summed E-state index contributed by atoms with van der Waals surface area (Å²) in [5.41, 5.74) is 3.49. The van der Waals surface area contributed by atoms with Crippen molar-refractivity contribution in [3.8, 4) is 5.75 Å². The van der Waals surface area contributed by atoms with Gasteiger partial charge in [-0.25, -0.2) is 0 Å².